The number of hydrogen-bond acceptors (Lipinski definition) is 3. The van der Waals surface area contributed by atoms with Gasteiger partial charge in [0.2, 0.25) is 5.91 Å². The van der Waals surface area contributed by atoms with Gasteiger partial charge in [-0.1, -0.05) is 0 Å². The van der Waals surface area contributed by atoms with Gasteiger partial charge in [-0.25, -0.2) is 4.79 Å². The first kappa shape index (κ1) is 12.2. The molecule has 108 valence electrons. The van der Waals surface area contributed by atoms with E-state index in [0.717, 1.165) is 25.7 Å². The van der Waals surface area contributed by atoms with Crippen LogP contribution in [0.5, 0.6) is 0 Å². The zero-order valence-corrected chi connectivity index (χ0v) is 11.7. The molecule has 2 atom stereocenters. The lowest BCUT2D eigenvalue weighted by atomic mass is 9.99. The average Bonchev–Trinajstić information content (AvgIpc) is 3.02. The van der Waals surface area contributed by atoms with Crippen molar-refractivity contribution < 1.29 is 14.4 Å². The highest BCUT2D eigenvalue weighted by Crippen LogP contribution is 2.40. The van der Waals surface area contributed by atoms with Crippen LogP contribution in [0.25, 0.3) is 0 Å². The maximum absolute atomic E-state index is 12.6. The third-order valence-electron chi connectivity index (χ3n) is 5.25. The molecule has 1 saturated carbocycles. The Morgan fingerprint density at radius 2 is 1.90 bits per heavy atom. The first-order valence-corrected chi connectivity index (χ1v) is 7.47. The molecule has 0 spiro atoms. The number of nitrogens with zero attached hydrogens (tertiary/aromatic N) is 3. The summed E-state index contributed by atoms with van der Waals surface area (Å²) >= 11 is 0. The fourth-order valence-electron chi connectivity index (χ4n) is 3.91. The van der Waals surface area contributed by atoms with Crippen molar-refractivity contribution in [1.29, 1.82) is 0 Å². The van der Waals surface area contributed by atoms with Crippen LogP contribution in [0.1, 0.15) is 39.0 Å². The first-order valence-electron chi connectivity index (χ1n) is 7.47. The highest BCUT2D eigenvalue weighted by molar-refractivity contribution is 6.08. The minimum absolute atomic E-state index is 0.0929. The lowest BCUT2D eigenvalue weighted by Crippen LogP contribution is -2.45. The van der Waals surface area contributed by atoms with Gasteiger partial charge in [0.25, 0.3) is 5.91 Å². The third-order valence-corrected chi connectivity index (χ3v) is 5.25. The van der Waals surface area contributed by atoms with E-state index in [1.54, 1.807) is 4.90 Å². The second kappa shape index (κ2) is 3.74. The number of urea groups is 1. The van der Waals surface area contributed by atoms with Crippen molar-refractivity contribution in [3.8, 4) is 0 Å². The molecule has 0 aromatic heterocycles. The number of carbonyl (C=O) groups excluding carboxylic acids is 3. The molecule has 0 aromatic carbocycles. The van der Waals surface area contributed by atoms with E-state index in [1.807, 2.05) is 11.8 Å². The van der Waals surface area contributed by atoms with Crippen LogP contribution in [-0.2, 0) is 9.59 Å². The number of carbonyl (C=O) groups is 3. The Labute approximate surface area is 117 Å². The molecule has 3 heterocycles. The molecule has 20 heavy (non-hydrogen) atoms. The summed E-state index contributed by atoms with van der Waals surface area (Å²) in [5, 5.41) is 0. The van der Waals surface area contributed by atoms with E-state index in [9.17, 15) is 14.4 Å². The summed E-state index contributed by atoms with van der Waals surface area (Å²) < 4.78 is 0. The third kappa shape index (κ3) is 1.42. The van der Waals surface area contributed by atoms with Crippen LogP contribution in [-0.4, -0.2) is 63.3 Å². The smallest absolute Gasteiger partial charge is 0.328 e. The van der Waals surface area contributed by atoms with E-state index in [4.69, 9.17) is 0 Å². The maximum Gasteiger partial charge on any atom is 0.328 e. The van der Waals surface area contributed by atoms with Gasteiger partial charge in [0.1, 0.15) is 5.54 Å². The first-order chi connectivity index (χ1) is 9.52. The SMILES string of the molecule is C[C@@]12CCCN1C(=O)N([C@@H]1CC(=O)N(C3CC3)C1)C2=O. The molecule has 4 aliphatic rings. The summed E-state index contributed by atoms with van der Waals surface area (Å²) in [6.07, 6.45) is 4.05. The van der Waals surface area contributed by atoms with Gasteiger partial charge < -0.3 is 9.80 Å². The fourth-order valence-corrected chi connectivity index (χ4v) is 3.91. The second-order valence-corrected chi connectivity index (χ2v) is 6.62. The summed E-state index contributed by atoms with van der Waals surface area (Å²) in [5.41, 5.74) is -0.660. The predicted molar refractivity (Wildman–Crippen MR) is 69.7 cm³/mol. The van der Waals surface area contributed by atoms with E-state index in [2.05, 4.69) is 0 Å². The Hall–Kier alpha value is -1.59. The molecular formula is C14H19N3O3. The zero-order chi connectivity index (χ0) is 14.1. The lowest BCUT2D eigenvalue weighted by Gasteiger charge is -2.23. The van der Waals surface area contributed by atoms with E-state index in [-0.39, 0.29) is 23.9 Å². The van der Waals surface area contributed by atoms with E-state index < -0.39 is 5.54 Å². The molecule has 0 unspecified atom stereocenters. The fraction of sp³-hybridized carbons (Fsp3) is 0.786. The molecule has 0 N–H and O–H groups in total. The normalized spacial score (nSPS) is 37.4. The summed E-state index contributed by atoms with van der Waals surface area (Å²) in [6.45, 7) is 3.05. The van der Waals surface area contributed by atoms with Crippen LogP contribution in [0.3, 0.4) is 0 Å². The van der Waals surface area contributed by atoms with Crippen molar-refractivity contribution in [3.05, 3.63) is 0 Å². The van der Waals surface area contributed by atoms with Crippen LogP contribution in [0, 0.1) is 0 Å². The molecular weight excluding hydrogens is 258 g/mol. The topological polar surface area (TPSA) is 60.9 Å². The Morgan fingerprint density at radius 1 is 1.15 bits per heavy atom. The monoisotopic (exact) mass is 277 g/mol. The number of likely N-dealkylation sites (tertiary alicyclic amines) is 1. The highest BCUT2D eigenvalue weighted by Gasteiger charge is 2.59. The number of amides is 4. The Kier molecular flexibility index (Phi) is 2.28. The largest absolute Gasteiger partial charge is 0.338 e. The number of fused-ring (bicyclic) bond motifs is 1. The lowest BCUT2D eigenvalue weighted by molar-refractivity contribution is -0.133. The standard InChI is InChI=1S/C14H19N3O3/c1-14-5-2-6-16(14)13(20)17(12(14)19)10-7-11(18)15(8-10)9-3-4-9/h9-10H,2-8H2,1H3/t10-,14+/m1/s1. The summed E-state index contributed by atoms with van der Waals surface area (Å²) in [7, 11) is 0. The van der Waals surface area contributed by atoms with E-state index >= 15 is 0 Å². The molecule has 6 nitrogen and oxygen atoms in total. The maximum atomic E-state index is 12.6. The average molecular weight is 277 g/mol. The molecule has 1 aliphatic carbocycles. The van der Waals surface area contributed by atoms with Crippen molar-refractivity contribution >= 4 is 17.8 Å². The van der Waals surface area contributed by atoms with Crippen LogP contribution in [0.2, 0.25) is 0 Å². The Morgan fingerprint density at radius 3 is 2.55 bits per heavy atom. The Bertz CT molecular complexity index is 516. The minimum atomic E-state index is -0.660. The van der Waals surface area contributed by atoms with Gasteiger partial charge in [-0.3, -0.25) is 14.5 Å². The van der Waals surface area contributed by atoms with Crippen LogP contribution < -0.4 is 0 Å². The van der Waals surface area contributed by atoms with Crippen molar-refractivity contribution in [2.24, 2.45) is 0 Å². The molecule has 3 aliphatic heterocycles. The summed E-state index contributed by atoms with van der Waals surface area (Å²) in [4.78, 5) is 42.1. The minimum Gasteiger partial charge on any atom is -0.338 e. The highest BCUT2D eigenvalue weighted by atomic mass is 16.2. The van der Waals surface area contributed by atoms with E-state index in [0.29, 0.717) is 25.6 Å². The number of hydrogen-bond donors (Lipinski definition) is 0. The van der Waals surface area contributed by atoms with Gasteiger partial charge in [0.15, 0.2) is 0 Å². The van der Waals surface area contributed by atoms with Crippen molar-refractivity contribution in [2.75, 3.05) is 13.1 Å². The van der Waals surface area contributed by atoms with Gasteiger partial charge in [-0.05, 0) is 32.6 Å². The van der Waals surface area contributed by atoms with Crippen molar-refractivity contribution in [3.63, 3.8) is 0 Å². The van der Waals surface area contributed by atoms with Gasteiger partial charge in [-0.2, -0.15) is 0 Å². The molecule has 4 amide bonds. The van der Waals surface area contributed by atoms with Gasteiger partial charge in [0, 0.05) is 25.6 Å². The van der Waals surface area contributed by atoms with Crippen LogP contribution >= 0.6 is 0 Å². The van der Waals surface area contributed by atoms with Crippen LogP contribution in [0.4, 0.5) is 4.79 Å². The molecule has 0 radical (unpaired) electrons. The number of rotatable bonds is 2. The van der Waals surface area contributed by atoms with Gasteiger partial charge in [0.05, 0.1) is 6.04 Å². The summed E-state index contributed by atoms with van der Waals surface area (Å²) in [5.74, 6) is -0.00856. The molecule has 4 fully saturated rings. The summed E-state index contributed by atoms with van der Waals surface area (Å²) in [6, 6.07) is -0.0910. The Balaban J connectivity index is 1.59. The van der Waals surface area contributed by atoms with E-state index in [1.165, 1.54) is 4.90 Å². The molecule has 0 aromatic rings. The molecule has 6 heteroatoms. The van der Waals surface area contributed by atoms with Crippen molar-refractivity contribution in [2.45, 2.75) is 56.7 Å². The van der Waals surface area contributed by atoms with Crippen molar-refractivity contribution in [1.82, 2.24) is 14.7 Å². The number of imide groups is 1. The van der Waals surface area contributed by atoms with Gasteiger partial charge >= 0.3 is 6.03 Å². The molecule has 0 bridgehead atoms. The molecule has 3 saturated heterocycles. The second-order valence-electron chi connectivity index (χ2n) is 6.62. The molecule has 4 rings (SSSR count). The zero-order valence-electron chi connectivity index (χ0n) is 11.7. The predicted octanol–water partition coefficient (Wildman–Crippen LogP) is 0.566. The quantitative estimate of drug-likeness (QED) is 0.693. The van der Waals surface area contributed by atoms with Gasteiger partial charge in [-0.15, -0.1) is 0 Å². The van der Waals surface area contributed by atoms with Crippen LogP contribution in [0.15, 0.2) is 0 Å².